The molecule has 0 fully saturated rings. The molecule has 4 aromatic rings. The van der Waals surface area contributed by atoms with Gasteiger partial charge in [-0.25, -0.2) is 4.98 Å². The van der Waals surface area contributed by atoms with E-state index in [0.29, 0.717) is 6.61 Å². The first-order valence-electron chi connectivity index (χ1n) is 10.5. The van der Waals surface area contributed by atoms with Crippen LogP contribution in [0.15, 0.2) is 78.4 Å². The van der Waals surface area contributed by atoms with Gasteiger partial charge >= 0.3 is 0 Å². The van der Waals surface area contributed by atoms with Crippen LogP contribution in [0.1, 0.15) is 34.7 Å². The van der Waals surface area contributed by atoms with Gasteiger partial charge in [-0.3, -0.25) is 9.78 Å². The van der Waals surface area contributed by atoms with Crippen molar-refractivity contribution in [1.82, 2.24) is 15.3 Å². The number of aromatic nitrogens is 2. The van der Waals surface area contributed by atoms with Crippen LogP contribution in [0.3, 0.4) is 0 Å². The highest BCUT2D eigenvalue weighted by molar-refractivity contribution is 7.10. The number of amides is 1. The predicted octanol–water partition coefficient (Wildman–Crippen LogP) is 5.51. The minimum atomic E-state index is -0.163. The Hall–Kier alpha value is -3.51. The molecule has 0 aliphatic heterocycles. The average Bonchev–Trinajstić information content (AvgIpc) is 3.30. The molecule has 2 aromatic carbocycles. The second-order valence-corrected chi connectivity index (χ2v) is 8.53. The highest BCUT2D eigenvalue weighted by atomic mass is 32.1. The number of hydrogen-bond acceptors (Lipinski definition) is 5. The number of nitrogens with zero attached hydrogens (tertiary/aromatic N) is 2. The van der Waals surface area contributed by atoms with E-state index < -0.39 is 0 Å². The fourth-order valence-corrected chi connectivity index (χ4v) is 4.20. The van der Waals surface area contributed by atoms with Crippen molar-refractivity contribution < 1.29 is 9.53 Å². The molecule has 1 atom stereocenters. The fourth-order valence-electron chi connectivity index (χ4n) is 3.36. The van der Waals surface area contributed by atoms with Crippen molar-refractivity contribution in [3.63, 3.8) is 0 Å². The number of carbonyl (C=O) groups is 1. The van der Waals surface area contributed by atoms with Gasteiger partial charge < -0.3 is 10.1 Å². The Kier molecular flexibility index (Phi) is 6.92. The molecule has 1 N–H and O–H groups in total. The van der Waals surface area contributed by atoms with E-state index in [1.165, 1.54) is 5.56 Å². The highest BCUT2D eigenvalue weighted by Crippen LogP contribution is 2.25. The molecule has 0 aliphatic rings. The number of carbonyl (C=O) groups excluding carboxylic acids is 1. The molecule has 4 rings (SSSR count). The third kappa shape index (κ3) is 5.59. The van der Waals surface area contributed by atoms with Gasteiger partial charge in [-0.2, -0.15) is 0 Å². The summed E-state index contributed by atoms with van der Waals surface area (Å²) in [6, 6.07) is 19.6. The third-order valence-electron chi connectivity index (χ3n) is 5.16. The zero-order valence-corrected chi connectivity index (χ0v) is 18.9. The fraction of sp³-hybridized carbons (Fsp3) is 0.192. The smallest absolute Gasteiger partial charge is 0.224 e. The van der Waals surface area contributed by atoms with Crippen molar-refractivity contribution in [1.29, 1.82) is 0 Å². The molecule has 0 aliphatic carbocycles. The molecule has 2 aromatic heterocycles. The second-order valence-electron chi connectivity index (χ2n) is 7.64. The molecule has 6 heteroatoms. The predicted molar refractivity (Wildman–Crippen MR) is 128 cm³/mol. The van der Waals surface area contributed by atoms with E-state index in [0.717, 1.165) is 33.1 Å². The summed E-state index contributed by atoms with van der Waals surface area (Å²) in [6.45, 7) is 4.53. The van der Waals surface area contributed by atoms with E-state index in [-0.39, 0.29) is 18.4 Å². The van der Waals surface area contributed by atoms with Gasteiger partial charge in [-0.05, 0) is 54.8 Å². The van der Waals surface area contributed by atoms with Crippen LogP contribution in [-0.4, -0.2) is 15.9 Å². The van der Waals surface area contributed by atoms with Gasteiger partial charge in [-0.1, -0.05) is 36.4 Å². The van der Waals surface area contributed by atoms with Crippen molar-refractivity contribution >= 4 is 17.2 Å². The summed E-state index contributed by atoms with van der Waals surface area (Å²) in [5, 5.41) is 5.93. The number of benzene rings is 2. The number of pyridine rings is 1. The van der Waals surface area contributed by atoms with Crippen LogP contribution < -0.4 is 10.1 Å². The Morgan fingerprint density at radius 2 is 1.91 bits per heavy atom. The van der Waals surface area contributed by atoms with Crippen LogP contribution in [0, 0.1) is 6.92 Å². The SMILES string of the molecule is Cc1ccccc1COc1cccc(CC(=O)NC(C)c2nc(-c3ccncc3)cs2)c1. The molecule has 162 valence electrons. The number of ether oxygens (including phenoxy) is 1. The maximum atomic E-state index is 12.6. The van der Waals surface area contributed by atoms with Gasteiger partial charge in [0, 0.05) is 23.3 Å². The molecule has 5 nitrogen and oxygen atoms in total. The Morgan fingerprint density at radius 3 is 2.72 bits per heavy atom. The van der Waals surface area contributed by atoms with Gasteiger partial charge in [0.05, 0.1) is 18.2 Å². The summed E-state index contributed by atoms with van der Waals surface area (Å²) in [6.07, 6.45) is 3.78. The summed E-state index contributed by atoms with van der Waals surface area (Å²) in [5.74, 6) is 0.711. The highest BCUT2D eigenvalue weighted by Gasteiger charge is 2.15. The van der Waals surface area contributed by atoms with E-state index in [4.69, 9.17) is 4.74 Å². The van der Waals surface area contributed by atoms with Crippen LogP contribution in [0.4, 0.5) is 0 Å². The summed E-state index contributed by atoms with van der Waals surface area (Å²) >= 11 is 1.54. The summed E-state index contributed by atoms with van der Waals surface area (Å²) in [7, 11) is 0. The molecule has 0 bridgehead atoms. The standard InChI is InChI=1S/C26H25N3O2S/c1-18-6-3-4-8-22(18)16-31-23-9-5-7-20(14-23)15-25(30)28-19(2)26-29-24(17-32-26)21-10-12-27-13-11-21/h3-14,17,19H,15-16H2,1-2H3,(H,28,30). The van der Waals surface area contributed by atoms with E-state index in [9.17, 15) is 4.79 Å². The van der Waals surface area contributed by atoms with E-state index >= 15 is 0 Å². The average molecular weight is 444 g/mol. The van der Waals surface area contributed by atoms with Gasteiger partial charge in [0.1, 0.15) is 17.4 Å². The van der Waals surface area contributed by atoms with Crippen molar-refractivity contribution in [2.45, 2.75) is 32.9 Å². The Bertz CT molecular complexity index is 1190. The molecular weight excluding hydrogens is 418 g/mol. The monoisotopic (exact) mass is 443 g/mol. The molecular formula is C26H25N3O2S. The number of thiazole rings is 1. The van der Waals surface area contributed by atoms with Crippen molar-refractivity contribution in [3.8, 4) is 17.0 Å². The third-order valence-corrected chi connectivity index (χ3v) is 6.19. The lowest BCUT2D eigenvalue weighted by molar-refractivity contribution is -0.121. The zero-order chi connectivity index (χ0) is 22.3. The van der Waals surface area contributed by atoms with Crippen LogP contribution >= 0.6 is 11.3 Å². The molecule has 0 saturated heterocycles. The minimum Gasteiger partial charge on any atom is -0.489 e. The number of aryl methyl sites for hydroxylation is 1. The number of hydrogen-bond donors (Lipinski definition) is 1. The Balaban J connectivity index is 1.33. The van der Waals surface area contributed by atoms with Crippen molar-refractivity contribution in [2.75, 3.05) is 0 Å². The second kappa shape index (κ2) is 10.2. The molecule has 2 heterocycles. The number of rotatable bonds is 8. The lowest BCUT2D eigenvalue weighted by atomic mass is 10.1. The van der Waals surface area contributed by atoms with Gasteiger partial charge in [-0.15, -0.1) is 11.3 Å². The lowest BCUT2D eigenvalue weighted by Gasteiger charge is -2.12. The Labute approximate surface area is 192 Å². The minimum absolute atomic E-state index is 0.0470. The first kappa shape index (κ1) is 21.7. The molecule has 0 saturated carbocycles. The summed E-state index contributed by atoms with van der Waals surface area (Å²) in [5.41, 5.74) is 5.18. The van der Waals surface area contributed by atoms with Crippen molar-refractivity contribution in [2.24, 2.45) is 0 Å². The zero-order valence-electron chi connectivity index (χ0n) is 18.1. The van der Waals surface area contributed by atoms with Crippen molar-refractivity contribution in [3.05, 3.63) is 100 Å². The Morgan fingerprint density at radius 1 is 1.09 bits per heavy atom. The maximum Gasteiger partial charge on any atom is 0.224 e. The largest absolute Gasteiger partial charge is 0.489 e. The first-order chi connectivity index (χ1) is 15.6. The van der Waals surface area contributed by atoms with Crippen LogP contribution in [-0.2, 0) is 17.8 Å². The van der Waals surface area contributed by atoms with Crippen LogP contribution in [0.25, 0.3) is 11.3 Å². The molecule has 0 radical (unpaired) electrons. The normalized spacial score (nSPS) is 11.7. The van der Waals surface area contributed by atoms with E-state index in [2.05, 4.69) is 34.3 Å². The summed E-state index contributed by atoms with van der Waals surface area (Å²) in [4.78, 5) is 21.3. The van der Waals surface area contributed by atoms with Gasteiger partial charge in [0.15, 0.2) is 0 Å². The molecule has 1 amide bonds. The molecule has 0 spiro atoms. The first-order valence-corrected chi connectivity index (χ1v) is 11.4. The summed E-state index contributed by atoms with van der Waals surface area (Å²) < 4.78 is 5.95. The van der Waals surface area contributed by atoms with E-state index in [1.54, 1.807) is 23.7 Å². The van der Waals surface area contributed by atoms with Gasteiger partial charge in [0.25, 0.3) is 0 Å². The molecule has 1 unspecified atom stereocenters. The molecule has 32 heavy (non-hydrogen) atoms. The number of nitrogens with one attached hydrogen (secondary N) is 1. The van der Waals surface area contributed by atoms with Crippen LogP contribution in [0.5, 0.6) is 5.75 Å². The van der Waals surface area contributed by atoms with Gasteiger partial charge in [0.2, 0.25) is 5.91 Å². The van der Waals surface area contributed by atoms with Crippen LogP contribution in [0.2, 0.25) is 0 Å². The maximum absolute atomic E-state index is 12.6. The lowest BCUT2D eigenvalue weighted by Crippen LogP contribution is -2.28. The quantitative estimate of drug-likeness (QED) is 0.390. The topological polar surface area (TPSA) is 64.1 Å². The van der Waals surface area contributed by atoms with E-state index in [1.807, 2.05) is 60.8 Å².